The van der Waals surface area contributed by atoms with E-state index in [9.17, 15) is 4.79 Å². The van der Waals surface area contributed by atoms with Crippen molar-refractivity contribution in [3.8, 4) is 0 Å². The molecule has 3 N–H and O–H groups in total. The van der Waals surface area contributed by atoms with Gasteiger partial charge in [-0.15, -0.1) is 24.0 Å². The Morgan fingerprint density at radius 3 is 2.92 bits per heavy atom. The number of fused-ring (bicyclic) bond motifs is 1. The quantitative estimate of drug-likeness (QED) is 0.368. The van der Waals surface area contributed by atoms with Gasteiger partial charge in [-0.25, -0.2) is 0 Å². The third kappa shape index (κ3) is 4.91. The number of nitrogens with zero attached hydrogens (tertiary/aromatic N) is 3. The van der Waals surface area contributed by atoms with Crippen molar-refractivity contribution >= 4 is 41.5 Å². The molecule has 134 valence electrons. The van der Waals surface area contributed by atoms with Crippen LogP contribution in [0, 0.1) is 6.92 Å². The molecule has 3 rings (SSSR count). The van der Waals surface area contributed by atoms with Crippen LogP contribution in [-0.2, 0) is 11.3 Å². The predicted molar refractivity (Wildman–Crippen MR) is 105 cm³/mol. The molecule has 2 heterocycles. The fourth-order valence-corrected chi connectivity index (χ4v) is 2.70. The highest BCUT2D eigenvalue weighted by molar-refractivity contribution is 14.0. The number of anilines is 1. The maximum absolute atomic E-state index is 11.9. The lowest BCUT2D eigenvalue weighted by atomic mass is 9.90. The van der Waals surface area contributed by atoms with Gasteiger partial charge in [-0.2, -0.15) is 4.98 Å². The van der Waals surface area contributed by atoms with Gasteiger partial charge in [0.15, 0.2) is 11.8 Å². The third-order valence-electron chi connectivity index (χ3n) is 3.82. The van der Waals surface area contributed by atoms with E-state index in [1.807, 2.05) is 24.3 Å². The third-order valence-corrected chi connectivity index (χ3v) is 3.82. The van der Waals surface area contributed by atoms with Gasteiger partial charge in [0.1, 0.15) is 0 Å². The average Bonchev–Trinajstić information content (AvgIpc) is 3.00. The van der Waals surface area contributed by atoms with Crippen LogP contribution < -0.4 is 16.0 Å². The van der Waals surface area contributed by atoms with Crippen LogP contribution in [0.1, 0.15) is 29.6 Å². The Hall–Kier alpha value is -2.17. The van der Waals surface area contributed by atoms with Crippen molar-refractivity contribution < 1.29 is 9.32 Å². The molecule has 1 aliphatic rings. The number of carbonyl (C=O) groups is 1. The molecular formula is C16H21IN6O2. The number of halogens is 1. The summed E-state index contributed by atoms with van der Waals surface area (Å²) in [5.41, 5.74) is 2.01. The lowest BCUT2D eigenvalue weighted by Crippen LogP contribution is -2.40. The second-order valence-corrected chi connectivity index (χ2v) is 5.58. The van der Waals surface area contributed by atoms with E-state index in [1.165, 1.54) is 0 Å². The first-order valence-corrected chi connectivity index (χ1v) is 7.78. The number of para-hydroxylation sites is 1. The van der Waals surface area contributed by atoms with E-state index >= 15 is 0 Å². The number of aryl methyl sites for hydroxylation is 1. The Balaban J connectivity index is 0.00000225. The maximum Gasteiger partial charge on any atom is 0.246 e. The molecule has 1 aromatic carbocycles. The summed E-state index contributed by atoms with van der Waals surface area (Å²) in [6.07, 6.45) is 0.448. The number of rotatable bonds is 4. The van der Waals surface area contributed by atoms with Gasteiger partial charge >= 0.3 is 0 Å². The second kappa shape index (κ2) is 8.79. The monoisotopic (exact) mass is 456 g/mol. The van der Waals surface area contributed by atoms with Crippen molar-refractivity contribution in [1.29, 1.82) is 0 Å². The number of benzene rings is 1. The van der Waals surface area contributed by atoms with E-state index < -0.39 is 0 Å². The molecular weight excluding hydrogens is 435 g/mol. The molecule has 25 heavy (non-hydrogen) atoms. The molecule has 1 amide bonds. The molecule has 0 bridgehead atoms. The zero-order valence-electron chi connectivity index (χ0n) is 14.1. The SMILES string of the molecule is CN=C(NCc1nc(C)no1)NCC1CC(=O)Nc2ccccc21.I. The lowest BCUT2D eigenvalue weighted by molar-refractivity contribution is -0.116. The summed E-state index contributed by atoms with van der Waals surface area (Å²) in [7, 11) is 1.69. The molecule has 0 fully saturated rings. The van der Waals surface area contributed by atoms with Crippen molar-refractivity contribution in [3.63, 3.8) is 0 Å². The predicted octanol–water partition coefficient (Wildman–Crippen LogP) is 1.79. The minimum atomic E-state index is 0. The minimum Gasteiger partial charge on any atom is -0.356 e. The first kappa shape index (κ1) is 19.2. The van der Waals surface area contributed by atoms with E-state index in [-0.39, 0.29) is 35.8 Å². The van der Waals surface area contributed by atoms with Crippen LogP contribution in [0.25, 0.3) is 0 Å². The van der Waals surface area contributed by atoms with Crippen LogP contribution in [0.2, 0.25) is 0 Å². The Bertz CT molecular complexity index is 761. The molecule has 0 saturated heterocycles. The largest absolute Gasteiger partial charge is 0.356 e. The van der Waals surface area contributed by atoms with Crippen molar-refractivity contribution in [2.45, 2.75) is 25.8 Å². The summed E-state index contributed by atoms with van der Waals surface area (Å²) in [6, 6.07) is 7.86. The molecule has 1 aromatic heterocycles. The molecule has 0 spiro atoms. The lowest BCUT2D eigenvalue weighted by Gasteiger charge is -2.26. The zero-order chi connectivity index (χ0) is 16.9. The Morgan fingerprint density at radius 2 is 2.20 bits per heavy atom. The van der Waals surface area contributed by atoms with Gasteiger partial charge in [0, 0.05) is 31.6 Å². The molecule has 2 aromatic rings. The Kier molecular flexibility index (Phi) is 6.73. The number of aromatic nitrogens is 2. The van der Waals surface area contributed by atoms with E-state index in [4.69, 9.17) is 4.52 Å². The van der Waals surface area contributed by atoms with Crippen LogP contribution in [-0.4, -0.2) is 35.6 Å². The van der Waals surface area contributed by atoms with Crippen molar-refractivity contribution in [2.75, 3.05) is 18.9 Å². The number of nitrogens with one attached hydrogen (secondary N) is 3. The smallest absolute Gasteiger partial charge is 0.246 e. The van der Waals surface area contributed by atoms with Crippen LogP contribution in [0.15, 0.2) is 33.8 Å². The van der Waals surface area contributed by atoms with E-state index in [1.54, 1.807) is 14.0 Å². The minimum absolute atomic E-state index is 0. The fourth-order valence-electron chi connectivity index (χ4n) is 2.70. The van der Waals surface area contributed by atoms with E-state index in [0.29, 0.717) is 37.2 Å². The maximum atomic E-state index is 11.9. The second-order valence-electron chi connectivity index (χ2n) is 5.58. The summed E-state index contributed by atoms with van der Waals surface area (Å²) in [6.45, 7) is 2.76. The van der Waals surface area contributed by atoms with Gasteiger partial charge in [-0.1, -0.05) is 23.4 Å². The Labute approximate surface area is 162 Å². The fraction of sp³-hybridized carbons (Fsp3) is 0.375. The number of aliphatic imine (C=N–C) groups is 1. The van der Waals surface area contributed by atoms with Crippen LogP contribution in [0.4, 0.5) is 5.69 Å². The molecule has 0 aliphatic carbocycles. The van der Waals surface area contributed by atoms with Crippen molar-refractivity contribution in [1.82, 2.24) is 20.8 Å². The number of carbonyl (C=O) groups excluding carboxylic acids is 1. The molecule has 1 aliphatic heterocycles. The summed E-state index contributed by atoms with van der Waals surface area (Å²) >= 11 is 0. The van der Waals surface area contributed by atoms with Gasteiger partial charge in [-0.05, 0) is 18.6 Å². The average molecular weight is 456 g/mol. The van der Waals surface area contributed by atoms with Gasteiger partial charge in [0.2, 0.25) is 11.8 Å². The van der Waals surface area contributed by atoms with Crippen LogP contribution in [0.5, 0.6) is 0 Å². The summed E-state index contributed by atoms with van der Waals surface area (Å²) in [5, 5.41) is 13.0. The molecule has 9 heteroatoms. The standard InChI is InChI=1S/C16H20N6O2.HI/c1-10-20-15(24-22-10)9-19-16(17-2)18-8-11-7-14(23)21-13-6-4-3-5-12(11)13;/h3-6,11H,7-9H2,1-2H3,(H,21,23)(H2,17,18,19);1H. The number of hydrogen-bond acceptors (Lipinski definition) is 5. The highest BCUT2D eigenvalue weighted by Crippen LogP contribution is 2.31. The highest BCUT2D eigenvalue weighted by Gasteiger charge is 2.24. The molecule has 1 atom stereocenters. The van der Waals surface area contributed by atoms with Gasteiger partial charge in [0.05, 0.1) is 6.54 Å². The van der Waals surface area contributed by atoms with Crippen LogP contribution in [0.3, 0.4) is 0 Å². The zero-order valence-corrected chi connectivity index (χ0v) is 16.4. The summed E-state index contributed by atoms with van der Waals surface area (Å²) < 4.78 is 5.05. The normalized spacial score (nSPS) is 16.5. The molecule has 8 nitrogen and oxygen atoms in total. The first-order chi connectivity index (χ1) is 11.7. The summed E-state index contributed by atoms with van der Waals surface area (Å²) in [4.78, 5) is 20.2. The first-order valence-electron chi connectivity index (χ1n) is 7.78. The van der Waals surface area contributed by atoms with E-state index in [2.05, 4.69) is 31.1 Å². The van der Waals surface area contributed by atoms with Gasteiger partial charge in [-0.3, -0.25) is 9.79 Å². The molecule has 1 unspecified atom stereocenters. The number of guanidine groups is 1. The summed E-state index contributed by atoms with van der Waals surface area (Å²) in [5.74, 6) is 1.84. The highest BCUT2D eigenvalue weighted by atomic mass is 127. The van der Waals surface area contributed by atoms with Gasteiger partial charge < -0.3 is 20.5 Å². The number of amides is 1. The van der Waals surface area contributed by atoms with E-state index in [0.717, 1.165) is 11.3 Å². The Morgan fingerprint density at radius 1 is 1.40 bits per heavy atom. The molecule has 0 saturated carbocycles. The topological polar surface area (TPSA) is 104 Å². The van der Waals surface area contributed by atoms with Gasteiger partial charge in [0.25, 0.3) is 0 Å². The van der Waals surface area contributed by atoms with Crippen molar-refractivity contribution in [3.05, 3.63) is 41.5 Å². The molecule has 0 radical (unpaired) electrons. The number of hydrogen-bond donors (Lipinski definition) is 3. The van der Waals surface area contributed by atoms with Crippen molar-refractivity contribution in [2.24, 2.45) is 4.99 Å². The van der Waals surface area contributed by atoms with Crippen LogP contribution >= 0.6 is 24.0 Å².